The van der Waals surface area contributed by atoms with E-state index >= 15 is 0 Å². The molecule has 1 aliphatic heterocycles. The Morgan fingerprint density at radius 1 is 1.09 bits per heavy atom. The SMILES string of the molecule is O=C1C(Cc2cccc(C(F)(F)F)c2)CCN1C1CCCCC1. The van der Waals surface area contributed by atoms with Gasteiger partial charge in [-0.05, 0) is 37.3 Å². The minimum absolute atomic E-state index is 0.134. The smallest absolute Gasteiger partial charge is 0.339 e. The number of likely N-dealkylation sites (tertiary alicyclic amines) is 1. The van der Waals surface area contributed by atoms with E-state index in [1.54, 1.807) is 6.07 Å². The first-order valence-electron chi connectivity index (χ1n) is 8.42. The monoisotopic (exact) mass is 325 g/mol. The predicted molar refractivity (Wildman–Crippen MR) is 81.8 cm³/mol. The zero-order valence-electron chi connectivity index (χ0n) is 13.1. The number of hydrogen-bond donors (Lipinski definition) is 0. The Hall–Kier alpha value is -1.52. The molecule has 5 heteroatoms. The summed E-state index contributed by atoms with van der Waals surface area (Å²) in [6.45, 7) is 0.757. The molecule has 2 nitrogen and oxygen atoms in total. The van der Waals surface area contributed by atoms with E-state index in [1.807, 2.05) is 4.90 Å². The van der Waals surface area contributed by atoms with Crippen molar-refractivity contribution in [2.75, 3.05) is 6.54 Å². The van der Waals surface area contributed by atoms with Crippen molar-refractivity contribution in [2.24, 2.45) is 5.92 Å². The maximum absolute atomic E-state index is 12.8. The van der Waals surface area contributed by atoms with Crippen LogP contribution in [0.15, 0.2) is 24.3 Å². The summed E-state index contributed by atoms with van der Waals surface area (Å²) < 4.78 is 38.4. The van der Waals surface area contributed by atoms with Crippen LogP contribution >= 0.6 is 0 Å². The normalized spacial score (nSPS) is 23.5. The molecule has 0 N–H and O–H groups in total. The van der Waals surface area contributed by atoms with E-state index in [2.05, 4.69) is 0 Å². The number of halogens is 3. The highest BCUT2D eigenvalue weighted by Gasteiger charge is 2.36. The van der Waals surface area contributed by atoms with Gasteiger partial charge in [0, 0.05) is 18.5 Å². The molecule has 3 rings (SSSR count). The van der Waals surface area contributed by atoms with E-state index in [0.29, 0.717) is 18.0 Å². The van der Waals surface area contributed by atoms with Crippen LogP contribution < -0.4 is 0 Å². The summed E-state index contributed by atoms with van der Waals surface area (Å²) in [5.74, 6) is -0.0327. The van der Waals surface area contributed by atoms with Gasteiger partial charge in [0.2, 0.25) is 5.91 Å². The molecule has 1 heterocycles. The third kappa shape index (κ3) is 3.70. The zero-order chi connectivity index (χ0) is 16.4. The Morgan fingerprint density at radius 3 is 2.52 bits per heavy atom. The van der Waals surface area contributed by atoms with Crippen LogP contribution in [0.5, 0.6) is 0 Å². The number of amides is 1. The number of carbonyl (C=O) groups excluding carboxylic acids is 1. The van der Waals surface area contributed by atoms with E-state index in [9.17, 15) is 18.0 Å². The second-order valence-electron chi connectivity index (χ2n) is 6.71. The van der Waals surface area contributed by atoms with Crippen LogP contribution in [-0.2, 0) is 17.4 Å². The standard InChI is InChI=1S/C18H22F3NO/c19-18(20,21)15-6-4-5-13(12-15)11-14-9-10-22(17(14)23)16-7-2-1-3-8-16/h4-6,12,14,16H,1-3,7-11H2. The summed E-state index contributed by atoms with van der Waals surface area (Å²) in [6.07, 6.45) is 2.57. The molecule has 1 aromatic carbocycles. The zero-order valence-corrected chi connectivity index (χ0v) is 13.1. The lowest BCUT2D eigenvalue weighted by Gasteiger charge is -2.31. The molecular formula is C18H22F3NO. The number of nitrogens with zero attached hydrogens (tertiary/aromatic N) is 1. The van der Waals surface area contributed by atoms with Crippen LogP contribution in [0, 0.1) is 5.92 Å². The van der Waals surface area contributed by atoms with Crippen LogP contribution in [0.3, 0.4) is 0 Å². The first-order chi connectivity index (χ1) is 10.9. The average molecular weight is 325 g/mol. The van der Waals surface area contributed by atoms with E-state index in [0.717, 1.165) is 31.9 Å². The first kappa shape index (κ1) is 16.3. The number of rotatable bonds is 3. The van der Waals surface area contributed by atoms with Gasteiger partial charge in [0.05, 0.1) is 5.56 Å². The van der Waals surface area contributed by atoms with Crippen LogP contribution in [-0.4, -0.2) is 23.4 Å². The molecule has 126 valence electrons. The van der Waals surface area contributed by atoms with Crippen molar-refractivity contribution in [3.8, 4) is 0 Å². The van der Waals surface area contributed by atoms with Crippen molar-refractivity contribution < 1.29 is 18.0 Å². The Labute approximate surface area is 134 Å². The molecule has 1 saturated heterocycles. The minimum atomic E-state index is -4.33. The summed E-state index contributed by atoms with van der Waals surface area (Å²) in [5, 5.41) is 0. The molecule has 1 unspecified atom stereocenters. The average Bonchev–Trinajstić information content (AvgIpc) is 2.89. The number of alkyl halides is 3. The summed E-state index contributed by atoms with van der Waals surface area (Å²) >= 11 is 0. The molecule has 23 heavy (non-hydrogen) atoms. The fourth-order valence-corrected chi connectivity index (χ4v) is 3.87. The fraction of sp³-hybridized carbons (Fsp3) is 0.611. The van der Waals surface area contributed by atoms with Gasteiger partial charge in [-0.25, -0.2) is 0 Å². The van der Waals surface area contributed by atoms with E-state index in [-0.39, 0.29) is 11.8 Å². The number of benzene rings is 1. The van der Waals surface area contributed by atoms with Gasteiger partial charge in [-0.15, -0.1) is 0 Å². The second kappa shape index (κ2) is 6.54. The van der Waals surface area contributed by atoms with Gasteiger partial charge in [-0.1, -0.05) is 37.5 Å². The summed E-state index contributed by atoms with van der Waals surface area (Å²) in [5.41, 5.74) is -0.0340. The number of hydrogen-bond acceptors (Lipinski definition) is 1. The van der Waals surface area contributed by atoms with Crippen LogP contribution in [0.2, 0.25) is 0 Å². The highest BCUT2D eigenvalue weighted by Crippen LogP contribution is 2.32. The highest BCUT2D eigenvalue weighted by atomic mass is 19.4. The largest absolute Gasteiger partial charge is 0.416 e. The Morgan fingerprint density at radius 2 is 1.83 bits per heavy atom. The summed E-state index contributed by atoms with van der Waals surface area (Å²) in [4.78, 5) is 14.6. The maximum Gasteiger partial charge on any atom is 0.416 e. The molecule has 1 aliphatic carbocycles. The lowest BCUT2D eigenvalue weighted by Crippen LogP contribution is -2.39. The van der Waals surface area contributed by atoms with Gasteiger partial charge in [0.15, 0.2) is 0 Å². The molecule has 1 atom stereocenters. The van der Waals surface area contributed by atoms with Crippen molar-refractivity contribution in [3.63, 3.8) is 0 Å². The molecule has 0 aromatic heterocycles. The Balaban J connectivity index is 1.66. The summed E-state index contributed by atoms with van der Waals surface area (Å²) in [6, 6.07) is 5.72. The first-order valence-corrected chi connectivity index (χ1v) is 8.42. The molecule has 0 radical (unpaired) electrons. The van der Waals surface area contributed by atoms with Crippen molar-refractivity contribution in [2.45, 2.75) is 57.2 Å². The minimum Gasteiger partial charge on any atom is -0.339 e. The molecule has 0 spiro atoms. The quantitative estimate of drug-likeness (QED) is 0.805. The van der Waals surface area contributed by atoms with Gasteiger partial charge in [0.1, 0.15) is 0 Å². The van der Waals surface area contributed by atoms with Gasteiger partial charge in [-0.3, -0.25) is 4.79 Å². The van der Waals surface area contributed by atoms with Crippen molar-refractivity contribution in [1.82, 2.24) is 4.90 Å². The lowest BCUT2D eigenvalue weighted by atomic mass is 9.94. The molecule has 2 aliphatic rings. The molecule has 2 fully saturated rings. The van der Waals surface area contributed by atoms with Crippen molar-refractivity contribution in [3.05, 3.63) is 35.4 Å². The van der Waals surface area contributed by atoms with Crippen molar-refractivity contribution in [1.29, 1.82) is 0 Å². The molecule has 0 bridgehead atoms. The predicted octanol–water partition coefficient (Wildman–Crippen LogP) is 4.43. The van der Waals surface area contributed by atoms with E-state index < -0.39 is 11.7 Å². The van der Waals surface area contributed by atoms with Gasteiger partial charge in [0.25, 0.3) is 0 Å². The molecule has 1 amide bonds. The van der Waals surface area contributed by atoms with E-state index in [4.69, 9.17) is 0 Å². The van der Waals surface area contributed by atoms with Crippen LogP contribution in [0.1, 0.15) is 49.7 Å². The molecule has 1 aromatic rings. The van der Waals surface area contributed by atoms with Gasteiger partial charge >= 0.3 is 6.18 Å². The topological polar surface area (TPSA) is 20.3 Å². The maximum atomic E-state index is 12.8. The number of carbonyl (C=O) groups is 1. The Kier molecular flexibility index (Phi) is 4.64. The van der Waals surface area contributed by atoms with Gasteiger partial charge in [-0.2, -0.15) is 13.2 Å². The van der Waals surface area contributed by atoms with Crippen molar-refractivity contribution >= 4 is 5.91 Å². The molecular weight excluding hydrogens is 303 g/mol. The summed E-state index contributed by atoms with van der Waals surface area (Å²) in [7, 11) is 0. The third-order valence-corrected chi connectivity index (χ3v) is 5.10. The highest BCUT2D eigenvalue weighted by molar-refractivity contribution is 5.81. The van der Waals surface area contributed by atoms with Crippen LogP contribution in [0.25, 0.3) is 0 Å². The Bertz CT molecular complexity index is 564. The third-order valence-electron chi connectivity index (χ3n) is 5.10. The fourth-order valence-electron chi connectivity index (χ4n) is 3.87. The van der Waals surface area contributed by atoms with Crippen LogP contribution in [0.4, 0.5) is 13.2 Å². The lowest BCUT2D eigenvalue weighted by molar-refractivity contribution is -0.137. The van der Waals surface area contributed by atoms with E-state index in [1.165, 1.54) is 31.4 Å². The molecule has 1 saturated carbocycles. The second-order valence-corrected chi connectivity index (χ2v) is 6.71. The van der Waals surface area contributed by atoms with Gasteiger partial charge < -0.3 is 4.90 Å².